The highest BCUT2D eigenvalue weighted by molar-refractivity contribution is 5.85. The highest BCUT2D eigenvalue weighted by atomic mass is 35.5. The number of hydrogen-bond donors (Lipinski definition) is 1. The third kappa shape index (κ3) is 4.26. The first kappa shape index (κ1) is 19.7. The van der Waals surface area contributed by atoms with E-state index in [4.69, 9.17) is 0 Å². The van der Waals surface area contributed by atoms with Crippen LogP contribution in [-0.4, -0.2) is 37.0 Å². The summed E-state index contributed by atoms with van der Waals surface area (Å²) in [7, 11) is 0. The number of nitrogens with one attached hydrogen (secondary N) is 1. The SMILES string of the molecule is Cc1ccc(CCC2CCN(C(=O)C3CC34CCNCC4)CC2)cc1.Cl. The maximum atomic E-state index is 12.9. The van der Waals surface area contributed by atoms with Crippen molar-refractivity contribution in [3.05, 3.63) is 35.4 Å². The molecule has 144 valence electrons. The molecule has 1 spiro atoms. The van der Waals surface area contributed by atoms with Crippen LogP contribution in [0.4, 0.5) is 0 Å². The second kappa shape index (κ2) is 8.31. The summed E-state index contributed by atoms with van der Waals surface area (Å²) in [5.41, 5.74) is 3.17. The van der Waals surface area contributed by atoms with Crippen molar-refractivity contribution in [2.45, 2.75) is 51.9 Å². The molecule has 2 heterocycles. The molecule has 1 amide bonds. The summed E-state index contributed by atoms with van der Waals surface area (Å²) in [6.07, 6.45) is 8.40. The van der Waals surface area contributed by atoms with Gasteiger partial charge in [0.05, 0.1) is 0 Å². The lowest BCUT2D eigenvalue weighted by Crippen LogP contribution is -2.41. The molecular weight excluding hydrogens is 344 g/mol. The Balaban J connectivity index is 0.00000196. The summed E-state index contributed by atoms with van der Waals surface area (Å²) in [5.74, 6) is 1.61. The molecule has 2 aliphatic heterocycles. The summed E-state index contributed by atoms with van der Waals surface area (Å²) in [4.78, 5) is 15.0. The van der Waals surface area contributed by atoms with Crippen molar-refractivity contribution < 1.29 is 4.79 Å². The first-order valence-electron chi connectivity index (χ1n) is 10.2. The van der Waals surface area contributed by atoms with E-state index in [1.54, 1.807) is 0 Å². The third-order valence-electron chi connectivity index (χ3n) is 6.98. The van der Waals surface area contributed by atoms with Gasteiger partial charge in [0.1, 0.15) is 0 Å². The monoisotopic (exact) mass is 376 g/mol. The fraction of sp³-hybridized carbons (Fsp3) is 0.682. The number of aryl methyl sites for hydroxylation is 2. The highest BCUT2D eigenvalue weighted by Crippen LogP contribution is 2.59. The number of benzene rings is 1. The number of nitrogens with zero attached hydrogens (tertiary/aromatic N) is 1. The van der Waals surface area contributed by atoms with Crippen LogP contribution < -0.4 is 5.32 Å². The predicted molar refractivity (Wildman–Crippen MR) is 109 cm³/mol. The first-order chi connectivity index (χ1) is 12.2. The van der Waals surface area contributed by atoms with Crippen molar-refractivity contribution in [2.75, 3.05) is 26.2 Å². The van der Waals surface area contributed by atoms with Gasteiger partial charge in [-0.3, -0.25) is 4.79 Å². The molecule has 3 fully saturated rings. The lowest BCUT2D eigenvalue weighted by Gasteiger charge is -2.33. The molecule has 1 unspecified atom stereocenters. The average molecular weight is 377 g/mol. The predicted octanol–water partition coefficient (Wildman–Crippen LogP) is 3.98. The Labute approximate surface area is 164 Å². The third-order valence-corrected chi connectivity index (χ3v) is 6.98. The molecule has 1 atom stereocenters. The molecule has 4 rings (SSSR count). The molecule has 1 aromatic rings. The summed E-state index contributed by atoms with van der Waals surface area (Å²) in [6, 6.07) is 8.95. The topological polar surface area (TPSA) is 32.3 Å². The van der Waals surface area contributed by atoms with Crippen molar-refractivity contribution in [2.24, 2.45) is 17.3 Å². The van der Waals surface area contributed by atoms with Gasteiger partial charge in [0.15, 0.2) is 0 Å². The minimum absolute atomic E-state index is 0. The van der Waals surface area contributed by atoms with Gasteiger partial charge in [-0.25, -0.2) is 0 Å². The van der Waals surface area contributed by atoms with Crippen molar-refractivity contribution in [3.63, 3.8) is 0 Å². The van der Waals surface area contributed by atoms with Gasteiger partial charge in [-0.05, 0) is 81.9 Å². The fourth-order valence-corrected chi connectivity index (χ4v) is 4.96. The van der Waals surface area contributed by atoms with E-state index in [0.29, 0.717) is 17.2 Å². The van der Waals surface area contributed by atoms with Gasteiger partial charge < -0.3 is 10.2 Å². The number of likely N-dealkylation sites (tertiary alicyclic amines) is 1. The van der Waals surface area contributed by atoms with Gasteiger partial charge in [0, 0.05) is 19.0 Å². The Morgan fingerprint density at radius 1 is 1.15 bits per heavy atom. The molecule has 0 aromatic heterocycles. The molecule has 1 aromatic carbocycles. The molecule has 0 radical (unpaired) electrons. The quantitative estimate of drug-likeness (QED) is 0.862. The standard InChI is InChI=1S/C22H32N2O.ClH/c1-17-2-4-18(5-3-17)6-7-19-8-14-24(15-9-19)21(25)20-16-22(20)10-12-23-13-11-22;/h2-5,19-20,23H,6-16H2,1H3;1H. The molecule has 1 N–H and O–H groups in total. The van der Waals surface area contributed by atoms with Crippen LogP contribution >= 0.6 is 12.4 Å². The van der Waals surface area contributed by atoms with Crippen LogP contribution in [0.2, 0.25) is 0 Å². The lowest BCUT2D eigenvalue weighted by atomic mass is 9.89. The van der Waals surface area contributed by atoms with Crippen LogP contribution in [0.5, 0.6) is 0 Å². The van der Waals surface area contributed by atoms with Gasteiger partial charge in [-0.15, -0.1) is 12.4 Å². The zero-order chi connectivity index (χ0) is 17.3. The summed E-state index contributed by atoms with van der Waals surface area (Å²) in [6.45, 7) is 6.32. The molecule has 3 aliphatic rings. The van der Waals surface area contributed by atoms with Gasteiger partial charge in [0.2, 0.25) is 5.91 Å². The Bertz CT molecular complexity index is 601. The Hall–Kier alpha value is -1.06. The average Bonchev–Trinajstić information content (AvgIpc) is 3.34. The molecule has 2 saturated heterocycles. The van der Waals surface area contributed by atoms with Crippen molar-refractivity contribution in [3.8, 4) is 0 Å². The number of rotatable bonds is 4. The van der Waals surface area contributed by atoms with Crippen molar-refractivity contribution in [1.82, 2.24) is 10.2 Å². The van der Waals surface area contributed by atoms with Crippen LogP contribution in [0, 0.1) is 24.2 Å². The summed E-state index contributed by atoms with van der Waals surface area (Å²) >= 11 is 0. The first-order valence-corrected chi connectivity index (χ1v) is 10.2. The minimum atomic E-state index is 0. The van der Waals surface area contributed by atoms with E-state index in [-0.39, 0.29) is 12.4 Å². The second-order valence-electron chi connectivity index (χ2n) is 8.66. The van der Waals surface area contributed by atoms with E-state index >= 15 is 0 Å². The van der Waals surface area contributed by atoms with Crippen LogP contribution in [0.1, 0.15) is 49.7 Å². The molecule has 1 aliphatic carbocycles. The van der Waals surface area contributed by atoms with Gasteiger partial charge >= 0.3 is 0 Å². The Kier molecular flexibility index (Phi) is 6.29. The molecular formula is C22H33ClN2O. The molecule has 3 nitrogen and oxygen atoms in total. The van der Waals surface area contributed by atoms with Gasteiger partial charge in [-0.1, -0.05) is 29.8 Å². The summed E-state index contributed by atoms with van der Waals surface area (Å²) < 4.78 is 0. The van der Waals surface area contributed by atoms with Crippen LogP contribution in [0.3, 0.4) is 0 Å². The van der Waals surface area contributed by atoms with Crippen molar-refractivity contribution in [1.29, 1.82) is 0 Å². The number of carbonyl (C=O) groups excluding carboxylic acids is 1. The second-order valence-corrected chi connectivity index (χ2v) is 8.66. The van der Waals surface area contributed by atoms with E-state index in [1.165, 1.54) is 49.7 Å². The van der Waals surface area contributed by atoms with E-state index in [2.05, 4.69) is 41.4 Å². The highest BCUT2D eigenvalue weighted by Gasteiger charge is 2.58. The number of halogens is 1. The Morgan fingerprint density at radius 2 is 1.81 bits per heavy atom. The molecule has 0 bridgehead atoms. The van der Waals surface area contributed by atoms with Crippen LogP contribution in [-0.2, 0) is 11.2 Å². The van der Waals surface area contributed by atoms with Crippen molar-refractivity contribution >= 4 is 18.3 Å². The number of piperidine rings is 2. The smallest absolute Gasteiger partial charge is 0.226 e. The molecule has 1 saturated carbocycles. The molecule has 4 heteroatoms. The normalized spacial score (nSPS) is 25.0. The Morgan fingerprint density at radius 3 is 2.46 bits per heavy atom. The van der Waals surface area contributed by atoms with Gasteiger partial charge in [-0.2, -0.15) is 0 Å². The number of carbonyl (C=O) groups is 1. The number of amides is 1. The summed E-state index contributed by atoms with van der Waals surface area (Å²) in [5, 5.41) is 3.43. The number of hydrogen-bond acceptors (Lipinski definition) is 2. The van der Waals surface area contributed by atoms with Crippen LogP contribution in [0.15, 0.2) is 24.3 Å². The molecule has 26 heavy (non-hydrogen) atoms. The van der Waals surface area contributed by atoms with E-state index in [9.17, 15) is 4.79 Å². The van der Waals surface area contributed by atoms with Gasteiger partial charge in [0.25, 0.3) is 0 Å². The van der Waals surface area contributed by atoms with E-state index in [0.717, 1.165) is 38.5 Å². The zero-order valence-corrected chi connectivity index (χ0v) is 16.8. The van der Waals surface area contributed by atoms with Crippen LogP contribution in [0.25, 0.3) is 0 Å². The maximum absolute atomic E-state index is 12.9. The minimum Gasteiger partial charge on any atom is -0.342 e. The largest absolute Gasteiger partial charge is 0.342 e. The van der Waals surface area contributed by atoms with E-state index in [1.807, 2.05) is 0 Å². The van der Waals surface area contributed by atoms with E-state index < -0.39 is 0 Å². The lowest BCUT2D eigenvalue weighted by molar-refractivity contribution is -0.135. The fourth-order valence-electron chi connectivity index (χ4n) is 4.96. The maximum Gasteiger partial charge on any atom is 0.226 e. The zero-order valence-electron chi connectivity index (χ0n) is 16.0.